The Labute approximate surface area is 202 Å². The van der Waals surface area contributed by atoms with Gasteiger partial charge in [0.2, 0.25) is 21.8 Å². The van der Waals surface area contributed by atoms with Crippen molar-refractivity contribution in [1.82, 2.24) is 9.62 Å². The molecule has 1 fully saturated rings. The summed E-state index contributed by atoms with van der Waals surface area (Å²) >= 11 is 0. The molecule has 0 aromatic heterocycles. The quantitative estimate of drug-likeness (QED) is 0.682. The molecule has 1 saturated heterocycles. The Morgan fingerprint density at radius 3 is 2.47 bits per heavy atom. The third kappa shape index (κ3) is 5.50. The van der Waals surface area contributed by atoms with Crippen LogP contribution in [0.15, 0.2) is 47.4 Å². The second-order valence-corrected chi connectivity index (χ2v) is 11.4. The highest BCUT2D eigenvalue weighted by molar-refractivity contribution is 7.89. The molecule has 2 aromatic carbocycles. The van der Waals surface area contributed by atoms with E-state index in [-0.39, 0.29) is 23.3 Å². The summed E-state index contributed by atoms with van der Waals surface area (Å²) < 4.78 is 28.0. The second kappa shape index (κ2) is 10.3. The number of nitrogens with one attached hydrogen (secondary N) is 1. The van der Waals surface area contributed by atoms with E-state index < -0.39 is 10.0 Å². The fourth-order valence-electron chi connectivity index (χ4n) is 4.54. The van der Waals surface area contributed by atoms with E-state index >= 15 is 0 Å². The summed E-state index contributed by atoms with van der Waals surface area (Å²) in [5.41, 5.74) is 3.56. The third-order valence-electron chi connectivity index (χ3n) is 6.77. The highest BCUT2D eigenvalue weighted by atomic mass is 32.2. The SMILES string of the molecule is Cc1ccc(CNC(=O)CN2C(=O)CCCc3cc(S(=O)(=O)N4CCC(C)CC4)ccc32)cc1. The molecule has 2 heterocycles. The molecule has 2 aliphatic rings. The first-order chi connectivity index (χ1) is 16.2. The van der Waals surface area contributed by atoms with Gasteiger partial charge in [-0.25, -0.2) is 8.42 Å². The number of benzene rings is 2. The van der Waals surface area contributed by atoms with Gasteiger partial charge in [-0.05, 0) is 67.9 Å². The minimum absolute atomic E-state index is 0.0895. The van der Waals surface area contributed by atoms with Crippen LogP contribution < -0.4 is 10.2 Å². The zero-order valence-corrected chi connectivity index (χ0v) is 20.7. The van der Waals surface area contributed by atoms with Gasteiger partial charge in [-0.15, -0.1) is 0 Å². The van der Waals surface area contributed by atoms with Crippen LogP contribution in [0.4, 0.5) is 5.69 Å². The Bertz CT molecular complexity index is 1150. The number of sulfonamides is 1. The highest BCUT2D eigenvalue weighted by Gasteiger charge is 2.30. The molecule has 7 nitrogen and oxygen atoms in total. The van der Waals surface area contributed by atoms with Gasteiger partial charge in [-0.3, -0.25) is 9.59 Å². The molecule has 0 unspecified atom stereocenters. The summed E-state index contributed by atoms with van der Waals surface area (Å²) in [5, 5.41) is 2.88. The van der Waals surface area contributed by atoms with Crippen molar-refractivity contribution in [2.45, 2.75) is 57.4 Å². The van der Waals surface area contributed by atoms with Crippen molar-refractivity contribution >= 4 is 27.5 Å². The van der Waals surface area contributed by atoms with Crippen molar-refractivity contribution in [2.75, 3.05) is 24.5 Å². The van der Waals surface area contributed by atoms with E-state index in [0.29, 0.717) is 50.5 Å². The van der Waals surface area contributed by atoms with Crippen LogP contribution in [0.25, 0.3) is 0 Å². The first kappa shape index (κ1) is 24.4. The Kier molecular flexibility index (Phi) is 7.38. The molecular weight excluding hydrogens is 450 g/mol. The summed E-state index contributed by atoms with van der Waals surface area (Å²) in [6.07, 6.45) is 3.28. The third-order valence-corrected chi connectivity index (χ3v) is 8.67. The maximum atomic E-state index is 13.2. The number of hydrogen-bond donors (Lipinski definition) is 1. The highest BCUT2D eigenvalue weighted by Crippen LogP contribution is 2.31. The van der Waals surface area contributed by atoms with Crippen molar-refractivity contribution in [1.29, 1.82) is 0 Å². The number of hydrogen-bond acceptors (Lipinski definition) is 4. The van der Waals surface area contributed by atoms with Gasteiger partial charge >= 0.3 is 0 Å². The lowest BCUT2D eigenvalue weighted by Crippen LogP contribution is -2.40. The summed E-state index contributed by atoms with van der Waals surface area (Å²) in [6.45, 7) is 5.52. The number of rotatable bonds is 6. The first-order valence-electron chi connectivity index (χ1n) is 12.0. The van der Waals surface area contributed by atoms with Crippen molar-refractivity contribution < 1.29 is 18.0 Å². The molecule has 4 rings (SSSR count). The molecule has 0 bridgehead atoms. The van der Waals surface area contributed by atoms with Gasteiger partial charge in [0.15, 0.2) is 0 Å². The maximum Gasteiger partial charge on any atom is 0.243 e. The number of aryl methyl sites for hydroxylation is 2. The van der Waals surface area contributed by atoms with E-state index in [1.165, 1.54) is 4.90 Å². The molecule has 34 heavy (non-hydrogen) atoms. The Hall–Kier alpha value is -2.71. The monoisotopic (exact) mass is 483 g/mol. The number of nitrogens with zero attached hydrogens (tertiary/aromatic N) is 2. The summed E-state index contributed by atoms with van der Waals surface area (Å²) in [4.78, 5) is 27.2. The summed E-state index contributed by atoms with van der Waals surface area (Å²) in [7, 11) is -3.58. The number of piperidine rings is 1. The predicted molar refractivity (Wildman–Crippen MR) is 132 cm³/mol. The molecule has 0 atom stereocenters. The lowest BCUT2D eigenvalue weighted by molar-refractivity contribution is -0.123. The van der Waals surface area contributed by atoms with Crippen LogP contribution in [0.2, 0.25) is 0 Å². The van der Waals surface area contributed by atoms with Gasteiger partial charge in [0.25, 0.3) is 0 Å². The van der Waals surface area contributed by atoms with E-state index in [1.807, 2.05) is 31.2 Å². The fraction of sp³-hybridized carbons (Fsp3) is 0.462. The van der Waals surface area contributed by atoms with Crippen LogP contribution >= 0.6 is 0 Å². The van der Waals surface area contributed by atoms with Gasteiger partial charge in [-0.2, -0.15) is 4.31 Å². The van der Waals surface area contributed by atoms with E-state index in [2.05, 4.69) is 12.2 Å². The van der Waals surface area contributed by atoms with Gasteiger partial charge in [-0.1, -0.05) is 36.8 Å². The topological polar surface area (TPSA) is 86.8 Å². The zero-order valence-electron chi connectivity index (χ0n) is 19.9. The predicted octanol–water partition coefficient (Wildman–Crippen LogP) is 3.40. The largest absolute Gasteiger partial charge is 0.350 e. The normalized spacial score (nSPS) is 17.8. The van der Waals surface area contributed by atoms with Crippen LogP contribution in [0.5, 0.6) is 0 Å². The van der Waals surface area contributed by atoms with E-state index in [4.69, 9.17) is 0 Å². The molecule has 2 aromatic rings. The van der Waals surface area contributed by atoms with Crippen LogP contribution in [-0.2, 0) is 32.6 Å². The number of carbonyl (C=O) groups excluding carboxylic acids is 2. The van der Waals surface area contributed by atoms with Crippen molar-refractivity contribution in [3.8, 4) is 0 Å². The number of anilines is 1. The molecule has 1 N–H and O–H groups in total. The molecule has 0 aliphatic carbocycles. The van der Waals surface area contributed by atoms with Crippen LogP contribution in [-0.4, -0.2) is 44.2 Å². The van der Waals surface area contributed by atoms with Gasteiger partial charge in [0, 0.05) is 31.7 Å². The Balaban J connectivity index is 1.50. The van der Waals surface area contributed by atoms with E-state index in [1.54, 1.807) is 22.5 Å². The number of carbonyl (C=O) groups is 2. The van der Waals surface area contributed by atoms with Gasteiger partial charge < -0.3 is 10.2 Å². The molecule has 0 spiro atoms. The second-order valence-electron chi connectivity index (χ2n) is 9.47. The van der Waals surface area contributed by atoms with E-state index in [0.717, 1.165) is 29.5 Å². The average molecular weight is 484 g/mol. The average Bonchev–Trinajstić information content (AvgIpc) is 2.97. The summed E-state index contributed by atoms with van der Waals surface area (Å²) in [5.74, 6) is 0.168. The van der Waals surface area contributed by atoms with Crippen molar-refractivity contribution in [3.05, 3.63) is 59.2 Å². The molecule has 182 valence electrons. The van der Waals surface area contributed by atoms with Crippen LogP contribution in [0.3, 0.4) is 0 Å². The van der Waals surface area contributed by atoms with Gasteiger partial charge in [0.1, 0.15) is 6.54 Å². The smallest absolute Gasteiger partial charge is 0.243 e. The molecule has 0 radical (unpaired) electrons. The van der Waals surface area contributed by atoms with E-state index in [9.17, 15) is 18.0 Å². The summed E-state index contributed by atoms with van der Waals surface area (Å²) in [6, 6.07) is 12.9. The lowest BCUT2D eigenvalue weighted by atomic mass is 10.0. The van der Waals surface area contributed by atoms with Crippen LogP contribution in [0, 0.1) is 12.8 Å². The zero-order chi connectivity index (χ0) is 24.3. The minimum Gasteiger partial charge on any atom is -0.350 e. The molecular formula is C26H33N3O4S. The van der Waals surface area contributed by atoms with Crippen molar-refractivity contribution in [3.63, 3.8) is 0 Å². The lowest BCUT2D eigenvalue weighted by Gasteiger charge is -2.30. The molecule has 2 aliphatic heterocycles. The number of fused-ring (bicyclic) bond motifs is 1. The number of amides is 2. The van der Waals surface area contributed by atoms with Crippen LogP contribution in [0.1, 0.15) is 49.3 Å². The maximum absolute atomic E-state index is 13.2. The van der Waals surface area contributed by atoms with Gasteiger partial charge in [0.05, 0.1) is 4.90 Å². The Morgan fingerprint density at radius 2 is 1.76 bits per heavy atom. The Morgan fingerprint density at radius 1 is 1.06 bits per heavy atom. The minimum atomic E-state index is -3.58. The molecule has 8 heteroatoms. The first-order valence-corrected chi connectivity index (χ1v) is 13.4. The standard InChI is InChI=1S/C26H33N3O4S/c1-19-6-8-21(9-7-19)17-27-25(30)18-29-24-11-10-23(16-22(24)4-3-5-26(29)31)34(32,33)28-14-12-20(2)13-15-28/h6-11,16,20H,3-5,12-15,17-18H2,1-2H3,(H,27,30). The molecule has 2 amide bonds. The van der Waals surface area contributed by atoms with Crippen molar-refractivity contribution in [2.24, 2.45) is 5.92 Å². The molecule has 0 saturated carbocycles. The fourth-order valence-corrected chi connectivity index (χ4v) is 6.06.